The molecular formula is C16H23Cl2N3OS2. The zero-order valence-electron chi connectivity index (χ0n) is 13.6. The molecule has 0 aliphatic carbocycles. The number of nitrogens with one attached hydrogen (secondary N) is 1. The zero-order chi connectivity index (χ0) is 15.4. The maximum atomic E-state index is 12.9. The highest BCUT2D eigenvalue weighted by Gasteiger charge is 2.27. The van der Waals surface area contributed by atoms with E-state index in [9.17, 15) is 4.79 Å². The van der Waals surface area contributed by atoms with E-state index in [1.54, 1.807) is 22.7 Å². The third kappa shape index (κ3) is 4.92. The van der Waals surface area contributed by atoms with Crippen LogP contribution in [0.2, 0.25) is 0 Å². The second-order valence-electron chi connectivity index (χ2n) is 5.49. The highest BCUT2D eigenvalue weighted by molar-refractivity contribution is 7.20. The van der Waals surface area contributed by atoms with E-state index in [1.807, 2.05) is 27.8 Å². The predicted molar refractivity (Wildman–Crippen MR) is 107 cm³/mol. The molecule has 8 heteroatoms. The van der Waals surface area contributed by atoms with Gasteiger partial charge in [0.2, 0.25) is 0 Å². The maximum Gasteiger partial charge on any atom is 0.273 e. The molecular weight excluding hydrogens is 385 g/mol. The van der Waals surface area contributed by atoms with Crippen molar-refractivity contribution in [2.75, 3.05) is 19.6 Å². The molecule has 0 bridgehead atoms. The minimum absolute atomic E-state index is 0. The lowest BCUT2D eigenvalue weighted by Crippen LogP contribution is -2.46. The number of hydrogen-bond acceptors (Lipinski definition) is 5. The van der Waals surface area contributed by atoms with Crippen LogP contribution in [-0.4, -0.2) is 41.5 Å². The molecule has 1 aliphatic rings. The van der Waals surface area contributed by atoms with Crippen molar-refractivity contribution in [1.82, 2.24) is 15.2 Å². The minimum Gasteiger partial charge on any atom is -0.334 e. The van der Waals surface area contributed by atoms with E-state index in [2.05, 4.69) is 17.2 Å². The lowest BCUT2D eigenvalue weighted by molar-refractivity contribution is 0.0637. The monoisotopic (exact) mass is 407 g/mol. The van der Waals surface area contributed by atoms with Gasteiger partial charge in [0.1, 0.15) is 10.7 Å². The van der Waals surface area contributed by atoms with Gasteiger partial charge in [-0.3, -0.25) is 4.79 Å². The summed E-state index contributed by atoms with van der Waals surface area (Å²) in [4.78, 5) is 20.6. The Kier molecular flexibility index (Phi) is 9.23. The van der Waals surface area contributed by atoms with Crippen LogP contribution in [0, 0.1) is 0 Å². The molecule has 1 N–H and O–H groups in total. The topological polar surface area (TPSA) is 45.2 Å². The standard InChI is InChI=1S/C16H21N3OS2.2ClH/c1-2-9-19(12-5-7-17-8-6-12)16(20)13-11-22-15(18-13)14-4-3-10-21-14;;/h3-4,10-12,17H,2,5-9H2,1H3;2*1H. The summed E-state index contributed by atoms with van der Waals surface area (Å²) in [6, 6.07) is 4.41. The smallest absolute Gasteiger partial charge is 0.273 e. The fraction of sp³-hybridized carbons (Fsp3) is 0.500. The van der Waals surface area contributed by atoms with E-state index in [0.29, 0.717) is 11.7 Å². The Labute approximate surface area is 163 Å². The molecule has 0 atom stereocenters. The Hall–Kier alpha value is -0.660. The first-order valence-electron chi connectivity index (χ1n) is 7.80. The predicted octanol–water partition coefficient (Wildman–Crippen LogP) is 4.32. The van der Waals surface area contributed by atoms with Crippen LogP contribution >= 0.6 is 47.5 Å². The molecule has 1 amide bonds. The number of carbonyl (C=O) groups is 1. The number of halogens is 2. The average Bonchev–Trinajstić information content (AvgIpc) is 3.23. The fourth-order valence-corrected chi connectivity index (χ4v) is 4.45. The molecule has 0 radical (unpaired) electrons. The highest BCUT2D eigenvalue weighted by atomic mass is 35.5. The molecule has 3 rings (SSSR count). The molecule has 1 saturated heterocycles. The number of carbonyl (C=O) groups excluding carboxylic acids is 1. The van der Waals surface area contributed by atoms with Crippen molar-refractivity contribution in [1.29, 1.82) is 0 Å². The number of amides is 1. The van der Waals surface area contributed by atoms with Gasteiger partial charge in [0, 0.05) is 18.0 Å². The summed E-state index contributed by atoms with van der Waals surface area (Å²) in [5.41, 5.74) is 0.598. The Morgan fingerprint density at radius 3 is 2.71 bits per heavy atom. The van der Waals surface area contributed by atoms with Crippen LogP contribution in [0.4, 0.5) is 0 Å². The number of rotatable bonds is 5. The normalized spacial score (nSPS) is 14.5. The molecule has 134 valence electrons. The van der Waals surface area contributed by atoms with Crippen molar-refractivity contribution in [2.24, 2.45) is 0 Å². The molecule has 1 fully saturated rings. The van der Waals surface area contributed by atoms with Gasteiger partial charge in [-0.1, -0.05) is 13.0 Å². The molecule has 3 heterocycles. The van der Waals surface area contributed by atoms with Crippen molar-refractivity contribution >= 4 is 53.4 Å². The first-order chi connectivity index (χ1) is 10.8. The van der Waals surface area contributed by atoms with Crippen LogP contribution in [0.15, 0.2) is 22.9 Å². The maximum absolute atomic E-state index is 12.9. The van der Waals surface area contributed by atoms with Crippen molar-refractivity contribution in [3.8, 4) is 9.88 Å². The van der Waals surface area contributed by atoms with Crippen LogP contribution < -0.4 is 5.32 Å². The van der Waals surface area contributed by atoms with Crippen LogP contribution in [0.25, 0.3) is 9.88 Å². The average molecular weight is 408 g/mol. The molecule has 2 aromatic heterocycles. The lowest BCUT2D eigenvalue weighted by atomic mass is 10.0. The SMILES string of the molecule is CCCN(C(=O)c1csc(-c2cccs2)n1)C1CCNCC1.Cl.Cl. The van der Waals surface area contributed by atoms with Crippen molar-refractivity contribution in [3.63, 3.8) is 0 Å². The van der Waals surface area contributed by atoms with Gasteiger partial charge in [0.05, 0.1) is 4.88 Å². The van der Waals surface area contributed by atoms with Crippen molar-refractivity contribution in [2.45, 2.75) is 32.2 Å². The Morgan fingerprint density at radius 1 is 1.33 bits per heavy atom. The van der Waals surface area contributed by atoms with E-state index in [4.69, 9.17) is 0 Å². The molecule has 2 aromatic rings. The molecule has 24 heavy (non-hydrogen) atoms. The van der Waals surface area contributed by atoms with Crippen LogP contribution in [0.3, 0.4) is 0 Å². The van der Waals surface area contributed by atoms with Gasteiger partial charge in [0.15, 0.2) is 0 Å². The zero-order valence-corrected chi connectivity index (χ0v) is 16.8. The summed E-state index contributed by atoms with van der Waals surface area (Å²) in [7, 11) is 0. The fourth-order valence-electron chi connectivity index (χ4n) is 2.84. The molecule has 1 aliphatic heterocycles. The Balaban J connectivity index is 0.00000144. The molecule has 0 saturated carbocycles. The van der Waals surface area contributed by atoms with Crippen LogP contribution in [-0.2, 0) is 0 Å². The summed E-state index contributed by atoms with van der Waals surface area (Å²) in [5, 5.41) is 8.25. The first-order valence-corrected chi connectivity index (χ1v) is 9.56. The summed E-state index contributed by atoms with van der Waals surface area (Å²) >= 11 is 3.22. The van der Waals surface area contributed by atoms with Crippen molar-refractivity contribution < 1.29 is 4.79 Å². The number of aromatic nitrogens is 1. The molecule has 0 aromatic carbocycles. The molecule has 0 unspecified atom stereocenters. The summed E-state index contributed by atoms with van der Waals surface area (Å²) in [6.07, 6.45) is 3.05. The van der Waals surface area contributed by atoms with E-state index >= 15 is 0 Å². The highest BCUT2D eigenvalue weighted by Crippen LogP contribution is 2.28. The van der Waals surface area contributed by atoms with Gasteiger partial charge in [-0.2, -0.15) is 0 Å². The largest absolute Gasteiger partial charge is 0.334 e. The Morgan fingerprint density at radius 2 is 2.08 bits per heavy atom. The van der Waals surface area contributed by atoms with E-state index < -0.39 is 0 Å². The number of thiazole rings is 1. The van der Waals surface area contributed by atoms with Gasteiger partial charge in [-0.15, -0.1) is 47.5 Å². The summed E-state index contributed by atoms with van der Waals surface area (Å²) < 4.78 is 0. The van der Waals surface area contributed by atoms with Gasteiger partial charge in [0.25, 0.3) is 5.91 Å². The number of piperidine rings is 1. The number of thiophene rings is 1. The van der Waals surface area contributed by atoms with E-state index in [-0.39, 0.29) is 30.7 Å². The van der Waals surface area contributed by atoms with Gasteiger partial charge in [-0.05, 0) is 43.8 Å². The second-order valence-corrected chi connectivity index (χ2v) is 7.30. The Bertz CT molecular complexity index is 613. The van der Waals surface area contributed by atoms with Gasteiger partial charge in [-0.25, -0.2) is 4.98 Å². The quantitative estimate of drug-likeness (QED) is 0.802. The first kappa shape index (κ1) is 21.4. The van der Waals surface area contributed by atoms with Gasteiger partial charge < -0.3 is 10.2 Å². The van der Waals surface area contributed by atoms with Gasteiger partial charge >= 0.3 is 0 Å². The number of hydrogen-bond donors (Lipinski definition) is 1. The minimum atomic E-state index is 0. The third-order valence-electron chi connectivity index (χ3n) is 3.93. The molecule has 0 spiro atoms. The van der Waals surface area contributed by atoms with E-state index in [0.717, 1.165) is 48.8 Å². The van der Waals surface area contributed by atoms with Crippen molar-refractivity contribution in [3.05, 3.63) is 28.6 Å². The third-order valence-corrected chi connectivity index (χ3v) is 5.81. The van der Waals surface area contributed by atoms with E-state index in [1.165, 1.54) is 0 Å². The molecule has 4 nitrogen and oxygen atoms in total. The summed E-state index contributed by atoms with van der Waals surface area (Å²) in [6.45, 7) is 4.93. The number of nitrogens with zero attached hydrogens (tertiary/aromatic N) is 2. The second kappa shape index (κ2) is 10.4. The summed E-state index contributed by atoms with van der Waals surface area (Å²) in [5.74, 6) is 0.0906. The van der Waals surface area contributed by atoms with Crippen LogP contribution in [0.5, 0.6) is 0 Å². The lowest BCUT2D eigenvalue weighted by Gasteiger charge is -2.34. The van der Waals surface area contributed by atoms with Crippen LogP contribution in [0.1, 0.15) is 36.7 Å².